The van der Waals surface area contributed by atoms with E-state index in [-0.39, 0.29) is 6.61 Å². The number of hydrogen-bond donors (Lipinski definition) is 3. The molecule has 0 fully saturated rings. The van der Waals surface area contributed by atoms with Gasteiger partial charge in [0.05, 0.1) is 17.9 Å². The molecule has 0 heterocycles. The molecule has 8 nitrogen and oxygen atoms in total. The van der Waals surface area contributed by atoms with E-state index in [1.54, 1.807) is 0 Å². The van der Waals surface area contributed by atoms with Crippen LogP contribution in [0.2, 0.25) is 0 Å². The first-order valence-corrected chi connectivity index (χ1v) is 21.8. The van der Waals surface area contributed by atoms with Gasteiger partial charge in [0.15, 0.2) is 0 Å². The van der Waals surface area contributed by atoms with E-state index in [4.69, 9.17) is 4.74 Å². The second-order valence-electron chi connectivity index (χ2n) is 15.4. The number of nitrogens with zero attached hydrogens (tertiary/aromatic N) is 1. The fraction of sp³-hybridized carbons (Fsp3) is 0.761. The van der Waals surface area contributed by atoms with Crippen molar-refractivity contribution in [1.82, 2.24) is 10.2 Å². The highest BCUT2D eigenvalue weighted by Gasteiger charge is 2.46. The molecule has 0 saturated heterocycles. The van der Waals surface area contributed by atoms with Crippen LogP contribution in [0, 0.1) is 5.41 Å². The first-order valence-electron chi connectivity index (χ1n) is 21.8. The fourth-order valence-corrected chi connectivity index (χ4v) is 6.76. The molecule has 0 rings (SSSR count). The fourth-order valence-electron chi connectivity index (χ4n) is 6.76. The molecule has 0 aromatic heterocycles. The number of rotatable bonds is 38. The van der Waals surface area contributed by atoms with Crippen LogP contribution < -0.4 is 5.32 Å². The lowest BCUT2D eigenvalue weighted by Crippen LogP contribution is -2.53. The van der Waals surface area contributed by atoms with Gasteiger partial charge in [0.25, 0.3) is 0 Å². The first kappa shape index (κ1) is 51.1. The Hall–Kier alpha value is -2.87. The monoisotopic (exact) mass is 759 g/mol. The number of carboxylic acids is 2. The molecule has 0 bridgehead atoms. The Morgan fingerprint density at radius 1 is 0.593 bits per heavy atom. The van der Waals surface area contributed by atoms with E-state index in [9.17, 15) is 24.6 Å². The molecular weight excluding hydrogens is 677 g/mol. The summed E-state index contributed by atoms with van der Waals surface area (Å²) in [6.07, 6.45) is 43.6. The van der Waals surface area contributed by atoms with E-state index in [0.717, 1.165) is 89.9 Å². The number of nitrogens with one attached hydrogen (secondary N) is 1. The quantitative estimate of drug-likeness (QED) is 0.0424. The highest BCUT2D eigenvalue weighted by atomic mass is 16.5. The van der Waals surface area contributed by atoms with Crippen molar-refractivity contribution in [3.05, 3.63) is 48.6 Å². The zero-order valence-electron chi connectivity index (χ0n) is 35.2. The number of amides is 1. The summed E-state index contributed by atoms with van der Waals surface area (Å²) in [7, 11) is 3.73. The number of carbonyl (C=O) groups is 3. The van der Waals surface area contributed by atoms with Gasteiger partial charge < -0.3 is 25.2 Å². The molecule has 1 unspecified atom stereocenters. The van der Waals surface area contributed by atoms with Crippen LogP contribution in [0.3, 0.4) is 0 Å². The molecule has 0 spiro atoms. The van der Waals surface area contributed by atoms with Crippen molar-refractivity contribution in [2.45, 2.75) is 193 Å². The Morgan fingerprint density at radius 3 is 1.35 bits per heavy atom. The summed E-state index contributed by atoms with van der Waals surface area (Å²) in [5.41, 5.74) is -1.37. The normalized spacial score (nSPS) is 12.9. The molecule has 1 amide bonds. The maximum Gasteiger partial charge on any atom is 0.407 e. The Kier molecular flexibility index (Phi) is 35.1. The zero-order chi connectivity index (χ0) is 40.0. The van der Waals surface area contributed by atoms with Crippen LogP contribution in [-0.4, -0.2) is 66.4 Å². The van der Waals surface area contributed by atoms with Crippen LogP contribution in [0.1, 0.15) is 187 Å². The number of hydrogen-bond acceptors (Lipinski definition) is 5. The lowest BCUT2D eigenvalue weighted by Gasteiger charge is -2.37. The van der Waals surface area contributed by atoms with Crippen molar-refractivity contribution >= 4 is 18.0 Å². The molecule has 0 radical (unpaired) electrons. The van der Waals surface area contributed by atoms with E-state index < -0.39 is 35.9 Å². The largest absolute Gasteiger partial charge is 0.481 e. The molecule has 0 aliphatic heterocycles. The average Bonchev–Trinajstić information content (AvgIpc) is 3.12. The van der Waals surface area contributed by atoms with Gasteiger partial charge in [0.1, 0.15) is 6.61 Å². The third kappa shape index (κ3) is 30.5. The molecule has 0 aromatic rings. The van der Waals surface area contributed by atoms with Gasteiger partial charge in [-0.2, -0.15) is 0 Å². The van der Waals surface area contributed by atoms with E-state index in [0.29, 0.717) is 32.2 Å². The zero-order valence-corrected chi connectivity index (χ0v) is 35.2. The third-order valence-corrected chi connectivity index (χ3v) is 10.2. The standard InChI is InChI=1S/C46H82N2O6/c1-5-7-9-11-13-15-17-19-21-23-25-27-29-31-33-35-37-46(44(51)52,42(41-43(49)50)47-45(53)54-40-39-48(3)4)38-36-34-32-30-28-26-24-22-20-18-16-14-12-10-8-6-2/h13-16,19-22,42H,5-12,17-18,23-41H2,1-4H3,(H,47,53)(H,49,50)(H,51,52)/b15-13-,16-14-,21-19-,22-20-. The van der Waals surface area contributed by atoms with Gasteiger partial charge in [-0.05, 0) is 91.1 Å². The SMILES string of the molecule is CCCCC/C=C\C/C=C\CCCCCCCCC(CCCCCCCC/C=C\C/C=C\CCCCC)(C(=O)O)C(CC(=O)O)NC(=O)OCCN(C)C. The topological polar surface area (TPSA) is 116 Å². The number of alkyl carbamates (subject to hydrolysis) is 1. The molecule has 1 atom stereocenters. The molecular formula is C46H82N2O6. The van der Waals surface area contributed by atoms with Gasteiger partial charge >= 0.3 is 18.0 Å². The molecule has 3 N–H and O–H groups in total. The number of aliphatic carboxylic acids is 2. The Labute approximate surface area is 331 Å². The van der Waals surface area contributed by atoms with E-state index in [1.807, 2.05) is 19.0 Å². The lowest BCUT2D eigenvalue weighted by atomic mass is 9.70. The van der Waals surface area contributed by atoms with Gasteiger partial charge in [-0.1, -0.05) is 152 Å². The summed E-state index contributed by atoms with van der Waals surface area (Å²) in [6.45, 7) is 5.11. The summed E-state index contributed by atoms with van der Waals surface area (Å²) in [6, 6.07) is -1.06. The number of ether oxygens (including phenoxy) is 1. The van der Waals surface area contributed by atoms with Crippen molar-refractivity contribution in [2.75, 3.05) is 27.2 Å². The van der Waals surface area contributed by atoms with Crippen molar-refractivity contribution in [3.8, 4) is 0 Å². The van der Waals surface area contributed by atoms with Gasteiger partial charge in [-0.3, -0.25) is 9.59 Å². The van der Waals surface area contributed by atoms with Crippen molar-refractivity contribution < 1.29 is 29.3 Å². The molecule has 312 valence electrons. The minimum absolute atomic E-state index is 0.136. The number of allylic oxidation sites excluding steroid dienone is 8. The van der Waals surface area contributed by atoms with Crippen LogP contribution in [0.15, 0.2) is 48.6 Å². The van der Waals surface area contributed by atoms with Crippen LogP contribution in [0.25, 0.3) is 0 Å². The first-order chi connectivity index (χ1) is 26.2. The van der Waals surface area contributed by atoms with Gasteiger partial charge in [0, 0.05) is 6.54 Å². The van der Waals surface area contributed by atoms with Crippen LogP contribution in [0.4, 0.5) is 4.79 Å². The summed E-state index contributed by atoms with van der Waals surface area (Å²) >= 11 is 0. The number of carbonyl (C=O) groups excluding carboxylic acids is 1. The predicted octanol–water partition coefficient (Wildman–Crippen LogP) is 12.6. The maximum absolute atomic E-state index is 13.1. The van der Waals surface area contributed by atoms with E-state index in [1.165, 1.54) is 51.4 Å². The number of unbranched alkanes of at least 4 members (excludes halogenated alkanes) is 18. The van der Waals surface area contributed by atoms with Crippen molar-refractivity contribution in [1.29, 1.82) is 0 Å². The Balaban J connectivity index is 4.99. The lowest BCUT2D eigenvalue weighted by molar-refractivity contribution is -0.153. The summed E-state index contributed by atoms with van der Waals surface area (Å²) in [4.78, 5) is 39.8. The maximum atomic E-state index is 13.1. The van der Waals surface area contributed by atoms with Crippen LogP contribution >= 0.6 is 0 Å². The van der Waals surface area contributed by atoms with Crippen LogP contribution in [0.5, 0.6) is 0 Å². The minimum Gasteiger partial charge on any atom is -0.481 e. The van der Waals surface area contributed by atoms with Crippen LogP contribution in [-0.2, 0) is 14.3 Å². The van der Waals surface area contributed by atoms with E-state index >= 15 is 0 Å². The van der Waals surface area contributed by atoms with Gasteiger partial charge in [0.2, 0.25) is 0 Å². The minimum atomic E-state index is -1.37. The van der Waals surface area contributed by atoms with Gasteiger partial charge in [-0.25, -0.2) is 4.79 Å². The molecule has 0 aromatic carbocycles. The van der Waals surface area contributed by atoms with Gasteiger partial charge in [-0.15, -0.1) is 0 Å². The Morgan fingerprint density at radius 2 is 0.981 bits per heavy atom. The highest BCUT2D eigenvalue weighted by molar-refractivity contribution is 5.79. The van der Waals surface area contributed by atoms with Crippen molar-refractivity contribution in [3.63, 3.8) is 0 Å². The molecule has 0 saturated carbocycles. The van der Waals surface area contributed by atoms with E-state index in [2.05, 4.69) is 67.8 Å². The Bertz CT molecular complexity index is 986. The summed E-state index contributed by atoms with van der Waals surface area (Å²) < 4.78 is 5.32. The predicted molar refractivity (Wildman–Crippen MR) is 227 cm³/mol. The number of carboxylic acid groups (broad SMARTS) is 2. The second kappa shape index (κ2) is 37.1. The molecule has 0 aliphatic carbocycles. The summed E-state index contributed by atoms with van der Waals surface area (Å²) in [5.74, 6) is -2.17. The second-order valence-corrected chi connectivity index (χ2v) is 15.4. The smallest absolute Gasteiger partial charge is 0.407 e. The molecule has 54 heavy (non-hydrogen) atoms. The highest BCUT2D eigenvalue weighted by Crippen LogP contribution is 2.38. The summed E-state index contributed by atoms with van der Waals surface area (Å²) in [5, 5.41) is 23.2. The third-order valence-electron chi connectivity index (χ3n) is 10.2. The molecule has 8 heteroatoms. The van der Waals surface area contributed by atoms with Crippen molar-refractivity contribution in [2.24, 2.45) is 5.41 Å². The number of likely N-dealkylation sites (N-methyl/N-ethyl adjacent to an activating group) is 1. The molecule has 0 aliphatic rings. The average molecular weight is 759 g/mol.